The maximum absolute atomic E-state index is 13.6. The molecular formula is C31H26N4O4S. The molecule has 2 heterocycles. The minimum atomic E-state index is -3.92. The number of aromatic nitrogens is 1. The van der Waals surface area contributed by atoms with E-state index in [1.165, 1.54) is 6.07 Å². The normalized spacial score (nSPS) is 13.8. The minimum absolute atomic E-state index is 0.0397. The maximum Gasteiger partial charge on any atom is 0.255 e. The van der Waals surface area contributed by atoms with Gasteiger partial charge in [0.05, 0.1) is 10.9 Å². The summed E-state index contributed by atoms with van der Waals surface area (Å²) in [5.74, 6) is 0.928. The lowest BCUT2D eigenvalue weighted by atomic mass is 10.0. The molecule has 8 nitrogen and oxygen atoms in total. The highest BCUT2D eigenvalue weighted by Crippen LogP contribution is 2.36. The zero-order chi connectivity index (χ0) is 27.9. The molecule has 0 saturated carbocycles. The van der Waals surface area contributed by atoms with Crippen LogP contribution >= 0.6 is 0 Å². The molecule has 1 aliphatic heterocycles. The van der Waals surface area contributed by atoms with Crippen molar-refractivity contribution in [3.05, 3.63) is 120 Å². The predicted molar refractivity (Wildman–Crippen MR) is 154 cm³/mol. The number of benzene rings is 4. The van der Waals surface area contributed by atoms with E-state index in [1.807, 2.05) is 60.7 Å². The number of nitrogen functional groups attached to an aromatic ring is 1. The minimum Gasteiger partial charge on any atom is -0.491 e. The summed E-state index contributed by atoms with van der Waals surface area (Å²) in [5.41, 5.74) is 9.54. The number of nitrogens with two attached hydrogens (primary N) is 2. The first-order chi connectivity index (χ1) is 19.3. The molecule has 1 aliphatic rings. The van der Waals surface area contributed by atoms with Crippen LogP contribution in [0.2, 0.25) is 0 Å². The number of hydrogen-bond donors (Lipinski definition) is 2. The SMILES string of the molecule is Nc1nccc2ccc(OCC(c3ccccc3)N3Cc4cc(-c5ccccc5S(N)(=O)=O)ccc4C3=O)cc12. The van der Waals surface area contributed by atoms with Crippen LogP contribution in [-0.2, 0) is 16.6 Å². The number of anilines is 1. The van der Waals surface area contributed by atoms with Gasteiger partial charge in [-0.2, -0.15) is 0 Å². The van der Waals surface area contributed by atoms with Crippen LogP contribution in [0.3, 0.4) is 0 Å². The number of primary sulfonamides is 1. The first-order valence-corrected chi connectivity index (χ1v) is 14.2. The molecule has 6 rings (SSSR count). The van der Waals surface area contributed by atoms with Crippen molar-refractivity contribution in [1.82, 2.24) is 9.88 Å². The molecular weight excluding hydrogens is 524 g/mol. The molecule has 5 aromatic rings. The smallest absolute Gasteiger partial charge is 0.255 e. The molecule has 9 heteroatoms. The van der Waals surface area contributed by atoms with Crippen LogP contribution in [0.25, 0.3) is 21.9 Å². The summed E-state index contributed by atoms with van der Waals surface area (Å²) in [5, 5.41) is 7.22. The summed E-state index contributed by atoms with van der Waals surface area (Å²) in [6, 6.07) is 28.9. The van der Waals surface area contributed by atoms with Crippen molar-refractivity contribution < 1.29 is 17.9 Å². The van der Waals surface area contributed by atoms with Gasteiger partial charge in [0.2, 0.25) is 10.0 Å². The highest BCUT2D eigenvalue weighted by Gasteiger charge is 2.34. The lowest BCUT2D eigenvalue weighted by molar-refractivity contribution is 0.0635. The number of nitrogens with zero attached hydrogens (tertiary/aromatic N) is 2. The highest BCUT2D eigenvalue weighted by molar-refractivity contribution is 7.89. The summed E-state index contributed by atoms with van der Waals surface area (Å²) in [6.45, 7) is 0.563. The van der Waals surface area contributed by atoms with E-state index in [2.05, 4.69) is 4.98 Å². The van der Waals surface area contributed by atoms with Crippen LogP contribution in [0.15, 0.2) is 108 Å². The van der Waals surface area contributed by atoms with Gasteiger partial charge in [0.1, 0.15) is 18.2 Å². The van der Waals surface area contributed by atoms with Gasteiger partial charge < -0.3 is 15.4 Å². The summed E-state index contributed by atoms with van der Waals surface area (Å²) >= 11 is 0. The second-order valence-electron chi connectivity index (χ2n) is 9.66. The Morgan fingerprint density at radius 1 is 0.900 bits per heavy atom. The summed E-state index contributed by atoms with van der Waals surface area (Å²) in [7, 11) is -3.92. The van der Waals surface area contributed by atoms with Gasteiger partial charge in [0.25, 0.3) is 5.91 Å². The van der Waals surface area contributed by atoms with Crippen LogP contribution in [-0.4, -0.2) is 30.8 Å². The van der Waals surface area contributed by atoms with E-state index in [0.29, 0.717) is 34.8 Å². The fraction of sp³-hybridized carbons (Fsp3) is 0.0968. The molecule has 200 valence electrons. The Morgan fingerprint density at radius 3 is 2.48 bits per heavy atom. The van der Waals surface area contributed by atoms with Crippen molar-refractivity contribution in [3.63, 3.8) is 0 Å². The van der Waals surface area contributed by atoms with Crippen LogP contribution in [0.4, 0.5) is 5.82 Å². The van der Waals surface area contributed by atoms with Gasteiger partial charge in [-0.25, -0.2) is 18.5 Å². The number of ether oxygens (including phenoxy) is 1. The molecule has 40 heavy (non-hydrogen) atoms. The number of rotatable bonds is 7. The van der Waals surface area contributed by atoms with E-state index in [9.17, 15) is 13.2 Å². The maximum atomic E-state index is 13.6. The molecule has 4 N–H and O–H groups in total. The first-order valence-electron chi connectivity index (χ1n) is 12.7. The fourth-order valence-electron chi connectivity index (χ4n) is 5.19. The Kier molecular flexibility index (Phi) is 6.45. The van der Waals surface area contributed by atoms with E-state index >= 15 is 0 Å². The molecule has 0 saturated heterocycles. The van der Waals surface area contributed by atoms with Gasteiger partial charge in [0, 0.05) is 29.3 Å². The van der Waals surface area contributed by atoms with Gasteiger partial charge in [-0.15, -0.1) is 0 Å². The third kappa shape index (κ3) is 4.76. The van der Waals surface area contributed by atoms with Crippen molar-refractivity contribution >= 4 is 32.5 Å². The average molecular weight is 551 g/mol. The van der Waals surface area contributed by atoms with Crippen LogP contribution in [0.5, 0.6) is 5.75 Å². The van der Waals surface area contributed by atoms with Gasteiger partial charge in [-0.05, 0) is 58.5 Å². The second-order valence-corrected chi connectivity index (χ2v) is 11.2. The van der Waals surface area contributed by atoms with Crippen molar-refractivity contribution in [1.29, 1.82) is 0 Å². The third-order valence-electron chi connectivity index (χ3n) is 7.18. The number of pyridine rings is 1. The van der Waals surface area contributed by atoms with Crippen molar-refractivity contribution in [3.8, 4) is 16.9 Å². The summed E-state index contributed by atoms with van der Waals surface area (Å²) in [4.78, 5) is 19.6. The third-order valence-corrected chi connectivity index (χ3v) is 8.15. The van der Waals surface area contributed by atoms with Crippen molar-refractivity contribution in [2.24, 2.45) is 5.14 Å². The topological polar surface area (TPSA) is 129 Å². The predicted octanol–water partition coefficient (Wildman–Crippen LogP) is 4.91. The molecule has 1 aromatic heterocycles. The van der Waals surface area contributed by atoms with Gasteiger partial charge in [-0.1, -0.05) is 60.7 Å². The molecule has 0 bridgehead atoms. The molecule has 1 amide bonds. The Morgan fingerprint density at radius 2 is 1.68 bits per heavy atom. The number of carbonyl (C=O) groups excluding carboxylic acids is 1. The summed E-state index contributed by atoms with van der Waals surface area (Å²) in [6.07, 6.45) is 1.67. The molecule has 0 spiro atoms. The Bertz CT molecular complexity index is 1860. The van der Waals surface area contributed by atoms with Crippen LogP contribution < -0.4 is 15.6 Å². The number of sulfonamides is 1. The van der Waals surface area contributed by atoms with E-state index in [0.717, 1.165) is 21.9 Å². The standard InChI is InChI=1S/C31H26N4O4S/c32-30-27-17-24(12-10-20(27)14-15-34-30)39-19-28(21-6-2-1-3-7-21)35-18-23-16-22(11-13-26(23)31(35)36)25-8-4-5-9-29(25)40(33,37)38/h1-17,28H,18-19H2,(H2,32,34)(H2,33,37,38). The van der Waals surface area contributed by atoms with Crippen LogP contribution in [0.1, 0.15) is 27.5 Å². The number of carbonyl (C=O) groups is 1. The largest absolute Gasteiger partial charge is 0.491 e. The highest BCUT2D eigenvalue weighted by atomic mass is 32.2. The van der Waals surface area contributed by atoms with Crippen molar-refractivity contribution in [2.45, 2.75) is 17.5 Å². The lowest BCUT2D eigenvalue weighted by Crippen LogP contribution is -2.33. The zero-order valence-electron chi connectivity index (χ0n) is 21.4. The zero-order valence-corrected chi connectivity index (χ0v) is 22.2. The van der Waals surface area contributed by atoms with Gasteiger partial charge in [-0.3, -0.25) is 4.79 Å². The monoisotopic (exact) mass is 550 g/mol. The Labute approximate surface area is 231 Å². The molecule has 1 atom stereocenters. The van der Waals surface area contributed by atoms with E-state index in [4.69, 9.17) is 15.6 Å². The number of fused-ring (bicyclic) bond motifs is 2. The first kappa shape index (κ1) is 25.5. The second kappa shape index (κ2) is 10.1. The van der Waals surface area contributed by atoms with Crippen molar-refractivity contribution in [2.75, 3.05) is 12.3 Å². The molecule has 0 aliphatic carbocycles. The number of amides is 1. The lowest BCUT2D eigenvalue weighted by Gasteiger charge is -2.28. The van der Waals surface area contributed by atoms with E-state index in [-0.39, 0.29) is 23.5 Å². The molecule has 0 fully saturated rings. The molecule has 4 aromatic carbocycles. The summed E-state index contributed by atoms with van der Waals surface area (Å²) < 4.78 is 30.6. The van der Waals surface area contributed by atoms with E-state index < -0.39 is 10.0 Å². The molecule has 0 radical (unpaired) electrons. The Hall–Kier alpha value is -4.73. The number of hydrogen-bond acceptors (Lipinski definition) is 6. The quantitative estimate of drug-likeness (QED) is 0.296. The molecule has 1 unspecified atom stereocenters. The Balaban J connectivity index is 1.31. The van der Waals surface area contributed by atoms with Gasteiger partial charge in [0.15, 0.2) is 0 Å². The van der Waals surface area contributed by atoms with Crippen LogP contribution in [0, 0.1) is 0 Å². The van der Waals surface area contributed by atoms with E-state index in [1.54, 1.807) is 41.4 Å². The average Bonchev–Trinajstić information content (AvgIpc) is 3.29. The fourth-order valence-corrected chi connectivity index (χ4v) is 5.95. The van der Waals surface area contributed by atoms with Gasteiger partial charge >= 0.3 is 0 Å².